The zero-order valence-corrected chi connectivity index (χ0v) is 4.48. The minimum atomic E-state index is -1.10. The Kier molecular flexibility index (Phi) is 4.18. The van der Waals surface area contributed by atoms with E-state index in [1.54, 1.807) is 6.07 Å². The van der Waals surface area contributed by atoms with Crippen molar-refractivity contribution in [2.75, 3.05) is 0 Å². The summed E-state index contributed by atoms with van der Waals surface area (Å²) in [4.78, 5) is 17.0. The Bertz CT molecular complexity index is 214. The molecule has 0 fully saturated rings. The molecule has 0 unspecified atom stereocenters. The zero-order chi connectivity index (χ0) is 6.69. The molecule has 1 rings (SSSR count). The van der Waals surface area contributed by atoms with Crippen LogP contribution in [0.25, 0.3) is 0 Å². The summed E-state index contributed by atoms with van der Waals surface area (Å²) in [6, 6.07) is 1.56. The Balaban J connectivity index is 0.000000810. The SMILES string of the molecule is O=C(O)c1ncccn1.[NaH]. The van der Waals surface area contributed by atoms with Crippen molar-refractivity contribution >= 4 is 35.5 Å². The normalized spacial score (nSPS) is 8.00. The summed E-state index contributed by atoms with van der Waals surface area (Å²) in [6.07, 6.45) is 2.77. The number of carboxylic acid groups (broad SMARTS) is 1. The van der Waals surface area contributed by atoms with E-state index in [4.69, 9.17) is 5.11 Å². The first-order valence-electron chi connectivity index (χ1n) is 2.31. The number of hydrogen-bond acceptors (Lipinski definition) is 3. The summed E-state index contributed by atoms with van der Waals surface area (Å²) in [5.74, 6) is -1.27. The third-order valence-electron chi connectivity index (χ3n) is 0.757. The molecule has 4 nitrogen and oxygen atoms in total. The van der Waals surface area contributed by atoms with E-state index in [-0.39, 0.29) is 35.4 Å². The molecule has 1 aromatic rings. The molecule has 0 radical (unpaired) electrons. The monoisotopic (exact) mass is 148 g/mol. The standard InChI is InChI=1S/C5H4N2O2.Na.H/c8-5(9)4-6-2-1-3-7-4;;/h1-3H,(H,8,9);;. The molecule has 1 N–H and O–H groups in total. The van der Waals surface area contributed by atoms with E-state index in [1.165, 1.54) is 12.4 Å². The second-order valence-electron chi connectivity index (χ2n) is 1.38. The quantitative estimate of drug-likeness (QED) is 0.546. The molecule has 0 saturated heterocycles. The van der Waals surface area contributed by atoms with Crippen LogP contribution in [-0.2, 0) is 0 Å². The van der Waals surface area contributed by atoms with E-state index < -0.39 is 5.97 Å². The number of aromatic nitrogens is 2. The molecule has 0 aliphatic heterocycles. The molecule has 10 heavy (non-hydrogen) atoms. The van der Waals surface area contributed by atoms with Crippen LogP contribution in [-0.4, -0.2) is 50.6 Å². The second kappa shape index (κ2) is 4.38. The predicted molar refractivity (Wildman–Crippen MR) is 36.1 cm³/mol. The summed E-state index contributed by atoms with van der Waals surface area (Å²) in [5.41, 5.74) is 0. The maximum atomic E-state index is 10.1. The number of rotatable bonds is 1. The average molecular weight is 148 g/mol. The van der Waals surface area contributed by atoms with Gasteiger partial charge in [0.1, 0.15) is 0 Å². The summed E-state index contributed by atoms with van der Waals surface area (Å²) >= 11 is 0. The van der Waals surface area contributed by atoms with Crippen LogP contribution in [0.15, 0.2) is 18.5 Å². The van der Waals surface area contributed by atoms with Gasteiger partial charge in [0.2, 0.25) is 5.82 Å². The van der Waals surface area contributed by atoms with Crippen molar-refractivity contribution in [3.05, 3.63) is 24.3 Å². The van der Waals surface area contributed by atoms with Crippen LogP contribution in [0.4, 0.5) is 0 Å². The van der Waals surface area contributed by atoms with Crippen molar-refractivity contribution < 1.29 is 9.90 Å². The van der Waals surface area contributed by atoms with Gasteiger partial charge in [0.25, 0.3) is 0 Å². The van der Waals surface area contributed by atoms with Gasteiger partial charge in [-0.1, -0.05) is 0 Å². The first-order chi connectivity index (χ1) is 4.30. The molecule has 5 heteroatoms. The topological polar surface area (TPSA) is 63.1 Å². The summed E-state index contributed by atoms with van der Waals surface area (Å²) < 4.78 is 0. The van der Waals surface area contributed by atoms with Gasteiger partial charge in [-0.25, -0.2) is 14.8 Å². The van der Waals surface area contributed by atoms with E-state index >= 15 is 0 Å². The van der Waals surface area contributed by atoms with Gasteiger partial charge in [0.15, 0.2) is 0 Å². The molecule has 48 valence electrons. The molecule has 1 aromatic heterocycles. The van der Waals surface area contributed by atoms with Crippen LogP contribution in [0.1, 0.15) is 10.6 Å². The molecule has 0 aliphatic rings. The maximum absolute atomic E-state index is 10.1. The van der Waals surface area contributed by atoms with Gasteiger partial charge >= 0.3 is 35.5 Å². The summed E-state index contributed by atoms with van der Waals surface area (Å²) in [7, 11) is 0. The van der Waals surface area contributed by atoms with Crippen LogP contribution in [0.3, 0.4) is 0 Å². The molecular formula is C5H5N2NaO2. The van der Waals surface area contributed by atoms with Gasteiger partial charge in [-0.3, -0.25) is 0 Å². The Hall–Kier alpha value is -0.450. The zero-order valence-electron chi connectivity index (χ0n) is 4.48. The van der Waals surface area contributed by atoms with Gasteiger partial charge in [0.05, 0.1) is 0 Å². The first kappa shape index (κ1) is 9.55. The van der Waals surface area contributed by atoms with Crippen LogP contribution in [0.5, 0.6) is 0 Å². The molecule has 0 spiro atoms. The van der Waals surface area contributed by atoms with Crippen LogP contribution in [0, 0.1) is 0 Å². The average Bonchev–Trinajstić information content (AvgIpc) is 1.90. The van der Waals surface area contributed by atoms with Gasteiger partial charge in [-0.05, 0) is 6.07 Å². The van der Waals surface area contributed by atoms with Crippen molar-refractivity contribution in [2.24, 2.45) is 0 Å². The van der Waals surface area contributed by atoms with Crippen molar-refractivity contribution in [1.29, 1.82) is 0 Å². The van der Waals surface area contributed by atoms with Crippen molar-refractivity contribution in [3.63, 3.8) is 0 Å². The molecule has 0 saturated carbocycles. The fraction of sp³-hybridized carbons (Fsp3) is 0. The van der Waals surface area contributed by atoms with E-state index in [0.717, 1.165) is 0 Å². The number of carboxylic acids is 1. The molecule has 0 amide bonds. The minimum absolute atomic E-state index is 0. The number of carbonyl (C=O) groups is 1. The van der Waals surface area contributed by atoms with E-state index in [9.17, 15) is 4.79 Å². The number of hydrogen-bond donors (Lipinski definition) is 1. The predicted octanol–water partition coefficient (Wildman–Crippen LogP) is -0.474. The third-order valence-corrected chi connectivity index (χ3v) is 0.757. The molecule has 0 aliphatic carbocycles. The Morgan fingerprint density at radius 3 is 2.20 bits per heavy atom. The molecule has 1 heterocycles. The van der Waals surface area contributed by atoms with Crippen molar-refractivity contribution in [1.82, 2.24) is 9.97 Å². The van der Waals surface area contributed by atoms with Crippen LogP contribution < -0.4 is 0 Å². The fourth-order valence-electron chi connectivity index (χ4n) is 0.410. The number of nitrogens with zero attached hydrogens (tertiary/aromatic N) is 2. The summed E-state index contributed by atoms with van der Waals surface area (Å²) in [6.45, 7) is 0. The van der Waals surface area contributed by atoms with Gasteiger partial charge in [-0.2, -0.15) is 0 Å². The van der Waals surface area contributed by atoms with Crippen molar-refractivity contribution in [2.45, 2.75) is 0 Å². The summed E-state index contributed by atoms with van der Waals surface area (Å²) in [5, 5.41) is 8.26. The molecule has 0 aromatic carbocycles. The van der Waals surface area contributed by atoms with Gasteiger partial charge < -0.3 is 5.11 Å². The Morgan fingerprint density at radius 2 is 1.90 bits per heavy atom. The molecule has 0 bridgehead atoms. The number of aromatic carboxylic acids is 1. The van der Waals surface area contributed by atoms with Gasteiger partial charge in [-0.15, -0.1) is 0 Å². The molecular weight excluding hydrogens is 143 g/mol. The van der Waals surface area contributed by atoms with E-state index in [2.05, 4.69) is 9.97 Å². The van der Waals surface area contributed by atoms with Gasteiger partial charge in [0, 0.05) is 12.4 Å². The van der Waals surface area contributed by atoms with Crippen molar-refractivity contribution in [3.8, 4) is 0 Å². The molecule has 0 atom stereocenters. The van der Waals surface area contributed by atoms with Crippen LogP contribution in [0.2, 0.25) is 0 Å². The first-order valence-corrected chi connectivity index (χ1v) is 2.31. The Labute approximate surface area is 79.6 Å². The van der Waals surface area contributed by atoms with E-state index in [1.807, 2.05) is 0 Å². The third kappa shape index (κ3) is 2.43. The Morgan fingerprint density at radius 1 is 1.40 bits per heavy atom. The van der Waals surface area contributed by atoms with Crippen LogP contribution >= 0.6 is 0 Å². The van der Waals surface area contributed by atoms with E-state index in [0.29, 0.717) is 0 Å². The second-order valence-corrected chi connectivity index (χ2v) is 1.38. The fourth-order valence-corrected chi connectivity index (χ4v) is 0.410.